The minimum atomic E-state index is 0.719. The lowest BCUT2D eigenvalue weighted by molar-refractivity contribution is 0.209. The van der Waals surface area contributed by atoms with Crippen LogP contribution in [0, 0.1) is 0 Å². The van der Waals surface area contributed by atoms with Crippen molar-refractivity contribution in [1.29, 1.82) is 0 Å². The average molecular weight is 289 g/mol. The Morgan fingerprint density at radius 2 is 1.90 bits per heavy atom. The predicted molar refractivity (Wildman–Crippen MR) is 87.3 cm³/mol. The van der Waals surface area contributed by atoms with E-state index in [1.807, 2.05) is 18.2 Å². The summed E-state index contributed by atoms with van der Waals surface area (Å²) in [5.41, 5.74) is 1.20. The molecule has 0 N–H and O–H groups in total. The third-order valence-electron chi connectivity index (χ3n) is 3.97. The number of likely N-dealkylation sites (tertiary alicyclic amines) is 1. The Balaban J connectivity index is 1.85. The summed E-state index contributed by atoms with van der Waals surface area (Å²) in [6.07, 6.45) is 8.13. The van der Waals surface area contributed by atoms with Crippen molar-refractivity contribution < 1.29 is 9.47 Å². The Hall–Kier alpha value is -1.48. The van der Waals surface area contributed by atoms with Crippen LogP contribution in [-0.2, 0) is 6.42 Å². The fourth-order valence-corrected chi connectivity index (χ4v) is 2.77. The first kappa shape index (κ1) is 15.9. The van der Waals surface area contributed by atoms with Crippen LogP contribution in [0.5, 0.6) is 11.5 Å². The molecular formula is C18H27NO2. The first-order valence-corrected chi connectivity index (χ1v) is 7.96. The van der Waals surface area contributed by atoms with E-state index in [0.29, 0.717) is 0 Å². The van der Waals surface area contributed by atoms with Crippen molar-refractivity contribution in [1.82, 2.24) is 4.90 Å². The first-order valence-electron chi connectivity index (χ1n) is 7.96. The summed E-state index contributed by atoms with van der Waals surface area (Å²) in [7, 11) is 1.69. The summed E-state index contributed by atoms with van der Waals surface area (Å²) >= 11 is 0. The number of hydrogen-bond acceptors (Lipinski definition) is 3. The van der Waals surface area contributed by atoms with Crippen molar-refractivity contribution in [2.45, 2.75) is 32.1 Å². The molecule has 0 unspecified atom stereocenters. The third kappa shape index (κ3) is 5.09. The van der Waals surface area contributed by atoms with Crippen molar-refractivity contribution in [3.05, 3.63) is 36.4 Å². The highest BCUT2D eigenvalue weighted by Crippen LogP contribution is 2.28. The van der Waals surface area contributed by atoms with Crippen LogP contribution in [0.4, 0.5) is 0 Å². The maximum Gasteiger partial charge on any atom is 0.161 e. The Morgan fingerprint density at radius 3 is 2.57 bits per heavy atom. The molecule has 0 aliphatic carbocycles. The zero-order chi connectivity index (χ0) is 14.9. The van der Waals surface area contributed by atoms with E-state index in [1.165, 1.54) is 44.3 Å². The van der Waals surface area contributed by atoms with Crippen LogP contribution in [0.1, 0.15) is 31.2 Å². The van der Waals surface area contributed by atoms with Gasteiger partial charge in [0.25, 0.3) is 0 Å². The highest BCUT2D eigenvalue weighted by atomic mass is 16.5. The van der Waals surface area contributed by atoms with Crippen LogP contribution < -0.4 is 9.47 Å². The molecule has 0 amide bonds. The molecule has 0 saturated carbocycles. The molecule has 1 saturated heterocycles. The molecule has 3 nitrogen and oxygen atoms in total. The second-order valence-corrected chi connectivity index (χ2v) is 5.58. The molecule has 1 aromatic carbocycles. The molecular weight excluding hydrogens is 262 g/mol. The second kappa shape index (κ2) is 8.73. The predicted octanol–water partition coefficient (Wildman–Crippen LogP) is 3.68. The van der Waals surface area contributed by atoms with Gasteiger partial charge in [-0.3, -0.25) is 4.90 Å². The van der Waals surface area contributed by atoms with E-state index in [2.05, 4.69) is 17.5 Å². The molecule has 1 aromatic rings. The van der Waals surface area contributed by atoms with Gasteiger partial charge in [0, 0.05) is 6.54 Å². The standard InChI is InChI=1S/C18H27NO2/c1-3-8-16-9-10-17(18(15-16)20-2)21-14-13-19-11-6-4-5-7-12-19/h3,9-10,15H,1,4-8,11-14H2,2H3. The second-order valence-electron chi connectivity index (χ2n) is 5.58. The Morgan fingerprint density at radius 1 is 1.14 bits per heavy atom. The van der Waals surface area contributed by atoms with Crippen LogP contribution >= 0.6 is 0 Å². The molecule has 2 rings (SSSR count). The van der Waals surface area contributed by atoms with E-state index in [9.17, 15) is 0 Å². The van der Waals surface area contributed by atoms with Gasteiger partial charge in [0.15, 0.2) is 11.5 Å². The van der Waals surface area contributed by atoms with Crippen molar-refractivity contribution in [2.75, 3.05) is 33.4 Å². The fraction of sp³-hybridized carbons (Fsp3) is 0.556. The van der Waals surface area contributed by atoms with Crippen LogP contribution in [0.15, 0.2) is 30.9 Å². The number of allylic oxidation sites excluding steroid dienone is 1. The lowest BCUT2D eigenvalue weighted by Crippen LogP contribution is -2.29. The minimum absolute atomic E-state index is 0.719. The molecule has 1 aliphatic rings. The monoisotopic (exact) mass is 289 g/mol. The molecule has 0 radical (unpaired) electrons. The Bertz CT molecular complexity index is 437. The van der Waals surface area contributed by atoms with E-state index < -0.39 is 0 Å². The number of nitrogens with zero attached hydrogens (tertiary/aromatic N) is 1. The van der Waals surface area contributed by atoms with Gasteiger partial charge in [0.2, 0.25) is 0 Å². The number of ether oxygens (including phenoxy) is 2. The normalized spacial score (nSPS) is 16.2. The van der Waals surface area contributed by atoms with Gasteiger partial charge in [-0.05, 0) is 50.0 Å². The van der Waals surface area contributed by atoms with Crippen molar-refractivity contribution >= 4 is 0 Å². The molecule has 1 heterocycles. The summed E-state index contributed by atoms with van der Waals surface area (Å²) in [4.78, 5) is 2.51. The van der Waals surface area contributed by atoms with Crippen molar-refractivity contribution in [3.8, 4) is 11.5 Å². The van der Waals surface area contributed by atoms with Gasteiger partial charge in [0.05, 0.1) is 7.11 Å². The van der Waals surface area contributed by atoms with E-state index in [4.69, 9.17) is 9.47 Å². The number of methoxy groups -OCH3 is 1. The van der Waals surface area contributed by atoms with E-state index in [0.717, 1.165) is 31.1 Å². The van der Waals surface area contributed by atoms with Crippen LogP contribution in [0.25, 0.3) is 0 Å². The number of rotatable bonds is 7. The van der Waals surface area contributed by atoms with Crippen LogP contribution in [0.3, 0.4) is 0 Å². The number of benzene rings is 1. The van der Waals surface area contributed by atoms with Crippen molar-refractivity contribution in [3.63, 3.8) is 0 Å². The van der Waals surface area contributed by atoms with Gasteiger partial charge >= 0.3 is 0 Å². The summed E-state index contributed by atoms with van der Waals surface area (Å²) < 4.78 is 11.3. The van der Waals surface area contributed by atoms with E-state index in [-0.39, 0.29) is 0 Å². The highest BCUT2D eigenvalue weighted by Gasteiger charge is 2.10. The molecule has 0 spiro atoms. The van der Waals surface area contributed by atoms with E-state index >= 15 is 0 Å². The van der Waals surface area contributed by atoms with Gasteiger partial charge in [-0.1, -0.05) is 25.0 Å². The molecule has 21 heavy (non-hydrogen) atoms. The molecule has 0 bridgehead atoms. The Labute approximate surface area is 128 Å². The van der Waals surface area contributed by atoms with E-state index in [1.54, 1.807) is 7.11 Å². The van der Waals surface area contributed by atoms with Gasteiger partial charge in [-0.15, -0.1) is 6.58 Å². The summed E-state index contributed by atoms with van der Waals surface area (Å²) in [5.74, 6) is 1.64. The fourth-order valence-electron chi connectivity index (χ4n) is 2.77. The lowest BCUT2D eigenvalue weighted by Gasteiger charge is -2.20. The third-order valence-corrected chi connectivity index (χ3v) is 3.97. The molecule has 116 valence electrons. The zero-order valence-electron chi connectivity index (χ0n) is 13.1. The Kier molecular flexibility index (Phi) is 6.61. The summed E-state index contributed by atoms with van der Waals surface area (Å²) in [5, 5.41) is 0. The molecule has 0 aromatic heterocycles. The van der Waals surface area contributed by atoms with Gasteiger partial charge in [-0.25, -0.2) is 0 Å². The number of hydrogen-bond donors (Lipinski definition) is 0. The van der Waals surface area contributed by atoms with Crippen LogP contribution in [-0.4, -0.2) is 38.3 Å². The summed E-state index contributed by atoms with van der Waals surface area (Å²) in [6, 6.07) is 6.11. The van der Waals surface area contributed by atoms with Crippen LogP contribution in [0.2, 0.25) is 0 Å². The summed E-state index contributed by atoms with van der Waals surface area (Å²) in [6.45, 7) is 7.90. The lowest BCUT2D eigenvalue weighted by atomic mass is 10.1. The topological polar surface area (TPSA) is 21.7 Å². The molecule has 1 aliphatic heterocycles. The maximum atomic E-state index is 5.91. The molecule has 3 heteroatoms. The first-order chi connectivity index (χ1) is 10.3. The SMILES string of the molecule is C=CCc1ccc(OCCN2CCCCCC2)c(OC)c1. The zero-order valence-corrected chi connectivity index (χ0v) is 13.1. The molecule has 0 atom stereocenters. The van der Waals surface area contributed by atoms with Gasteiger partial charge < -0.3 is 9.47 Å². The maximum absolute atomic E-state index is 5.91. The molecule has 1 fully saturated rings. The average Bonchev–Trinajstić information content (AvgIpc) is 2.77. The quantitative estimate of drug-likeness (QED) is 0.715. The van der Waals surface area contributed by atoms with Gasteiger partial charge in [-0.2, -0.15) is 0 Å². The van der Waals surface area contributed by atoms with Crippen molar-refractivity contribution in [2.24, 2.45) is 0 Å². The van der Waals surface area contributed by atoms with Gasteiger partial charge in [0.1, 0.15) is 6.61 Å². The smallest absolute Gasteiger partial charge is 0.161 e. The minimum Gasteiger partial charge on any atom is -0.493 e. The highest BCUT2D eigenvalue weighted by molar-refractivity contribution is 5.43. The largest absolute Gasteiger partial charge is 0.493 e.